The van der Waals surface area contributed by atoms with E-state index in [1.807, 2.05) is 14.1 Å². The zero-order valence-electron chi connectivity index (χ0n) is 8.88. The van der Waals surface area contributed by atoms with Crippen molar-refractivity contribution in [2.24, 2.45) is 0 Å². The first-order chi connectivity index (χ1) is 7.08. The molecule has 0 unspecified atom stereocenters. The SMILES string of the molecule is CN(C)Cc1nc(=S)c(I)c(C2CC2)[nH]1. The van der Waals surface area contributed by atoms with E-state index in [1.54, 1.807) is 0 Å². The van der Waals surface area contributed by atoms with E-state index in [2.05, 4.69) is 37.5 Å². The highest BCUT2D eigenvalue weighted by molar-refractivity contribution is 14.1. The van der Waals surface area contributed by atoms with Crippen LogP contribution in [0, 0.1) is 8.21 Å². The molecule has 1 aliphatic carbocycles. The van der Waals surface area contributed by atoms with Crippen LogP contribution in [-0.4, -0.2) is 29.0 Å². The Bertz CT molecular complexity index is 423. The molecule has 0 aromatic carbocycles. The lowest BCUT2D eigenvalue weighted by Crippen LogP contribution is -2.14. The Balaban J connectivity index is 2.37. The molecule has 5 heteroatoms. The van der Waals surface area contributed by atoms with Crippen LogP contribution >= 0.6 is 34.8 Å². The maximum atomic E-state index is 5.27. The lowest BCUT2D eigenvalue weighted by molar-refractivity contribution is 0.389. The number of aromatic nitrogens is 2. The zero-order chi connectivity index (χ0) is 11.0. The number of H-pyrrole nitrogens is 1. The Kier molecular flexibility index (Phi) is 3.42. The van der Waals surface area contributed by atoms with Gasteiger partial charge in [-0.3, -0.25) is 0 Å². The third-order valence-corrected chi connectivity index (χ3v) is 4.14. The van der Waals surface area contributed by atoms with Crippen LogP contribution in [0.5, 0.6) is 0 Å². The number of aromatic amines is 1. The maximum absolute atomic E-state index is 5.27. The molecule has 2 rings (SSSR count). The van der Waals surface area contributed by atoms with Crippen molar-refractivity contribution in [3.63, 3.8) is 0 Å². The minimum absolute atomic E-state index is 0.697. The van der Waals surface area contributed by atoms with Crippen LogP contribution in [0.4, 0.5) is 0 Å². The highest BCUT2D eigenvalue weighted by Gasteiger charge is 2.27. The van der Waals surface area contributed by atoms with E-state index in [0.717, 1.165) is 20.6 Å². The lowest BCUT2D eigenvalue weighted by atomic mass is 10.3. The number of halogens is 1. The summed E-state index contributed by atoms with van der Waals surface area (Å²) in [6.07, 6.45) is 2.57. The summed E-state index contributed by atoms with van der Waals surface area (Å²) in [5, 5.41) is 0. The minimum atomic E-state index is 0.697. The third kappa shape index (κ3) is 2.76. The summed E-state index contributed by atoms with van der Waals surface area (Å²) in [6, 6.07) is 0. The Labute approximate surface area is 108 Å². The van der Waals surface area contributed by atoms with Gasteiger partial charge in [-0.2, -0.15) is 0 Å². The van der Waals surface area contributed by atoms with Crippen molar-refractivity contribution in [1.29, 1.82) is 0 Å². The number of hydrogen-bond acceptors (Lipinski definition) is 3. The molecule has 1 aromatic rings. The van der Waals surface area contributed by atoms with Gasteiger partial charge < -0.3 is 9.88 Å². The Morgan fingerprint density at radius 1 is 1.53 bits per heavy atom. The van der Waals surface area contributed by atoms with E-state index >= 15 is 0 Å². The molecule has 0 aliphatic heterocycles. The van der Waals surface area contributed by atoms with Crippen LogP contribution in [0.2, 0.25) is 0 Å². The van der Waals surface area contributed by atoms with Crippen molar-refractivity contribution in [2.45, 2.75) is 25.3 Å². The molecule has 0 bridgehead atoms. The molecule has 1 N–H and O–H groups in total. The number of rotatable bonds is 3. The minimum Gasteiger partial charge on any atom is -0.345 e. The molecular formula is C10H14IN3S. The molecule has 0 atom stereocenters. The molecule has 1 fully saturated rings. The second-order valence-electron chi connectivity index (χ2n) is 4.23. The van der Waals surface area contributed by atoms with Crippen molar-refractivity contribution < 1.29 is 0 Å². The summed E-state index contributed by atoms with van der Waals surface area (Å²) in [4.78, 5) is 9.91. The molecule has 15 heavy (non-hydrogen) atoms. The Morgan fingerprint density at radius 3 is 2.73 bits per heavy atom. The van der Waals surface area contributed by atoms with Crippen LogP contribution < -0.4 is 0 Å². The van der Waals surface area contributed by atoms with Gasteiger partial charge in [0, 0.05) is 11.6 Å². The van der Waals surface area contributed by atoms with E-state index < -0.39 is 0 Å². The summed E-state index contributed by atoms with van der Waals surface area (Å²) in [5.41, 5.74) is 1.30. The van der Waals surface area contributed by atoms with Crippen LogP contribution in [-0.2, 0) is 6.54 Å². The van der Waals surface area contributed by atoms with E-state index in [1.165, 1.54) is 18.5 Å². The van der Waals surface area contributed by atoms with Crippen LogP contribution in [0.1, 0.15) is 30.3 Å². The highest BCUT2D eigenvalue weighted by atomic mass is 127. The summed E-state index contributed by atoms with van der Waals surface area (Å²) in [7, 11) is 4.07. The first-order valence-corrected chi connectivity index (χ1v) is 6.50. The van der Waals surface area contributed by atoms with E-state index in [0.29, 0.717) is 5.92 Å². The van der Waals surface area contributed by atoms with E-state index in [9.17, 15) is 0 Å². The van der Waals surface area contributed by atoms with Gasteiger partial charge >= 0.3 is 0 Å². The topological polar surface area (TPSA) is 31.9 Å². The van der Waals surface area contributed by atoms with Gasteiger partial charge in [-0.1, -0.05) is 12.2 Å². The van der Waals surface area contributed by atoms with Crippen molar-refractivity contribution in [2.75, 3.05) is 14.1 Å². The van der Waals surface area contributed by atoms with Crippen molar-refractivity contribution in [3.05, 3.63) is 19.7 Å². The van der Waals surface area contributed by atoms with Gasteiger partial charge in [0.2, 0.25) is 0 Å². The molecule has 3 nitrogen and oxygen atoms in total. The van der Waals surface area contributed by atoms with Crippen molar-refractivity contribution >= 4 is 34.8 Å². The van der Waals surface area contributed by atoms with Crippen molar-refractivity contribution in [3.8, 4) is 0 Å². The van der Waals surface area contributed by atoms with Crippen LogP contribution in [0.3, 0.4) is 0 Å². The van der Waals surface area contributed by atoms with Gasteiger partial charge in [-0.05, 0) is 49.5 Å². The first kappa shape index (κ1) is 11.5. The molecular weight excluding hydrogens is 321 g/mol. The predicted octanol–water partition coefficient (Wildman–Crippen LogP) is 2.68. The summed E-state index contributed by atoms with van der Waals surface area (Å²) >= 11 is 7.57. The van der Waals surface area contributed by atoms with Gasteiger partial charge in [0.1, 0.15) is 10.5 Å². The van der Waals surface area contributed by atoms with Gasteiger partial charge in [0.15, 0.2) is 0 Å². The lowest BCUT2D eigenvalue weighted by Gasteiger charge is -2.11. The maximum Gasteiger partial charge on any atom is 0.143 e. The first-order valence-electron chi connectivity index (χ1n) is 5.01. The second kappa shape index (κ2) is 4.47. The van der Waals surface area contributed by atoms with Crippen LogP contribution in [0.15, 0.2) is 0 Å². The quantitative estimate of drug-likeness (QED) is 0.681. The Hall–Kier alpha value is -0.0100. The van der Waals surface area contributed by atoms with Gasteiger partial charge in [-0.15, -0.1) is 0 Å². The monoisotopic (exact) mass is 335 g/mol. The average molecular weight is 335 g/mol. The number of nitrogens with one attached hydrogen (secondary N) is 1. The highest BCUT2D eigenvalue weighted by Crippen LogP contribution is 2.40. The fourth-order valence-electron chi connectivity index (χ4n) is 1.55. The molecule has 0 radical (unpaired) electrons. The fraction of sp³-hybridized carbons (Fsp3) is 0.600. The molecule has 1 saturated carbocycles. The molecule has 0 spiro atoms. The number of nitrogens with zero attached hydrogens (tertiary/aromatic N) is 2. The zero-order valence-corrected chi connectivity index (χ0v) is 11.9. The standard InChI is InChI=1S/C10H14IN3S/c1-14(2)5-7-12-9(6-3-4-6)8(11)10(15)13-7/h6H,3-5H2,1-2H3,(H,12,13,15). The van der Waals surface area contributed by atoms with Gasteiger partial charge in [0.05, 0.1) is 10.1 Å². The average Bonchev–Trinajstić information content (AvgIpc) is 2.93. The van der Waals surface area contributed by atoms with Gasteiger partial charge in [-0.25, -0.2) is 4.98 Å². The summed E-state index contributed by atoms with van der Waals surface area (Å²) < 4.78 is 1.88. The molecule has 0 amide bonds. The summed E-state index contributed by atoms with van der Waals surface area (Å²) in [6.45, 7) is 0.820. The summed E-state index contributed by atoms with van der Waals surface area (Å²) in [5.74, 6) is 1.68. The van der Waals surface area contributed by atoms with Gasteiger partial charge in [0.25, 0.3) is 0 Å². The fourth-order valence-corrected chi connectivity index (χ4v) is 2.47. The smallest absolute Gasteiger partial charge is 0.143 e. The second-order valence-corrected chi connectivity index (χ2v) is 5.69. The predicted molar refractivity (Wildman–Crippen MR) is 71.5 cm³/mol. The van der Waals surface area contributed by atoms with Crippen molar-refractivity contribution in [1.82, 2.24) is 14.9 Å². The molecule has 0 saturated heterocycles. The molecule has 1 heterocycles. The molecule has 1 aliphatic rings. The largest absolute Gasteiger partial charge is 0.345 e. The van der Waals surface area contributed by atoms with E-state index in [-0.39, 0.29) is 0 Å². The Morgan fingerprint density at radius 2 is 2.20 bits per heavy atom. The number of hydrogen-bond donors (Lipinski definition) is 1. The molecule has 1 aromatic heterocycles. The normalized spacial score (nSPS) is 16.0. The third-order valence-electron chi connectivity index (χ3n) is 2.39. The van der Waals surface area contributed by atoms with E-state index in [4.69, 9.17) is 12.2 Å². The molecule has 82 valence electrons. The van der Waals surface area contributed by atoms with Crippen LogP contribution in [0.25, 0.3) is 0 Å².